The van der Waals surface area contributed by atoms with Crippen molar-refractivity contribution >= 4 is 27.5 Å². The monoisotopic (exact) mass is 475 g/mol. The highest BCUT2D eigenvalue weighted by molar-refractivity contribution is 7.89. The number of sulfonamides is 1. The maximum Gasteiger partial charge on any atom is 0.255 e. The highest BCUT2D eigenvalue weighted by Gasteiger charge is 2.30. The third-order valence-electron chi connectivity index (χ3n) is 6.46. The molecule has 0 radical (unpaired) electrons. The van der Waals surface area contributed by atoms with Gasteiger partial charge in [-0.25, -0.2) is 8.42 Å². The van der Waals surface area contributed by atoms with E-state index in [4.69, 9.17) is 11.6 Å². The molecule has 32 heavy (non-hydrogen) atoms. The van der Waals surface area contributed by atoms with E-state index in [2.05, 4.69) is 24.0 Å². The number of carbonyl (C=O) groups excluding carboxylic acids is 1. The molecule has 8 heteroatoms. The van der Waals surface area contributed by atoms with Gasteiger partial charge >= 0.3 is 0 Å². The molecule has 2 aliphatic rings. The Morgan fingerprint density at radius 2 is 1.62 bits per heavy atom. The van der Waals surface area contributed by atoms with E-state index in [1.807, 2.05) is 18.2 Å². The molecule has 172 valence electrons. The third kappa shape index (κ3) is 5.17. The van der Waals surface area contributed by atoms with Crippen LogP contribution in [0.5, 0.6) is 0 Å². The Labute approximate surface area is 195 Å². The van der Waals surface area contributed by atoms with Gasteiger partial charge in [0.05, 0.1) is 15.5 Å². The fourth-order valence-electron chi connectivity index (χ4n) is 4.32. The average molecular weight is 476 g/mol. The van der Waals surface area contributed by atoms with Crippen molar-refractivity contribution in [1.29, 1.82) is 0 Å². The van der Waals surface area contributed by atoms with E-state index in [0.717, 1.165) is 32.5 Å². The highest BCUT2D eigenvalue weighted by atomic mass is 35.5. The average Bonchev–Trinajstić information content (AvgIpc) is 2.80. The van der Waals surface area contributed by atoms with Crippen molar-refractivity contribution in [3.8, 4) is 0 Å². The van der Waals surface area contributed by atoms with Crippen LogP contribution in [0.15, 0.2) is 53.4 Å². The van der Waals surface area contributed by atoms with Crippen LogP contribution >= 0.6 is 11.6 Å². The van der Waals surface area contributed by atoms with Crippen molar-refractivity contribution in [1.82, 2.24) is 14.1 Å². The minimum absolute atomic E-state index is 0.141. The Morgan fingerprint density at radius 1 is 0.969 bits per heavy atom. The van der Waals surface area contributed by atoms with Gasteiger partial charge in [0, 0.05) is 45.8 Å². The second kappa shape index (κ2) is 9.91. The lowest BCUT2D eigenvalue weighted by Crippen LogP contribution is -2.48. The summed E-state index contributed by atoms with van der Waals surface area (Å²) < 4.78 is 27.8. The smallest absolute Gasteiger partial charge is 0.255 e. The normalized spacial score (nSPS) is 19.2. The standard InChI is InChI=1S/C24H30ClN3O3S/c1-19-9-11-28(12-10-19)32(30,31)21-7-8-23(25)22(17-21)24(29)27-15-13-26(14-16-27)18-20-5-3-2-4-6-20/h2-8,17,19H,9-16,18H2,1H3. The molecule has 0 aliphatic carbocycles. The number of amides is 1. The predicted octanol–water partition coefficient (Wildman–Crippen LogP) is 3.72. The Hall–Kier alpha value is -1.93. The van der Waals surface area contributed by atoms with Gasteiger partial charge < -0.3 is 4.90 Å². The zero-order chi connectivity index (χ0) is 22.7. The second-order valence-electron chi connectivity index (χ2n) is 8.78. The zero-order valence-electron chi connectivity index (χ0n) is 18.4. The summed E-state index contributed by atoms with van der Waals surface area (Å²) in [6.45, 7) is 6.72. The summed E-state index contributed by atoms with van der Waals surface area (Å²) >= 11 is 6.33. The van der Waals surface area contributed by atoms with Gasteiger partial charge in [-0.3, -0.25) is 9.69 Å². The van der Waals surface area contributed by atoms with E-state index in [0.29, 0.717) is 32.1 Å². The molecule has 2 heterocycles. The first-order chi connectivity index (χ1) is 15.3. The molecule has 0 unspecified atom stereocenters. The van der Waals surface area contributed by atoms with Crippen LogP contribution in [0.4, 0.5) is 0 Å². The summed E-state index contributed by atoms with van der Waals surface area (Å²) in [6.07, 6.45) is 1.71. The van der Waals surface area contributed by atoms with Crippen LogP contribution in [0.2, 0.25) is 5.02 Å². The number of rotatable bonds is 5. The molecule has 4 rings (SSSR count). The summed E-state index contributed by atoms with van der Waals surface area (Å²) in [5.41, 5.74) is 1.51. The van der Waals surface area contributed by atoms with Crippen molar-refractivity contribution in [3.63, 3.8) is 0 Å². The Balaban J connectivity index is 1.44. The van der Waals surface area contributed by atoms with E-state index in [-0.39, 0.29) is 21.4 Å². The summed E-state index contributed by atoms with van der Waals surface area (Å²) in [5, 5.41) is 0.285. The maximum atomic E-state index is 13.2. The van der Waals surface area contributed by atoms with Gasteiger partial charge in [0.1, 0.15) is 0 Å². The van der Waals surface area contributed by atoms with Crippen molar-refractivity contribution < 1.29 is 13.2 Å². The molecule has 6 nitrogen and oxygen atoms in total. The molecule has 0 spiro atoms. The molecule has 2 fully saturated rings. The van der Waals surface area contributed by atoms with E-state index in [1.165, 1.54) is 28.1 Å². The van der Waals surface area contributed by atoms with E-state index in [9.17, 15) is 13.2 Å². The minimum Gasteiger partial charge on any atom is -0.336 e. The number of carbonyl (C=O) groups is 1. The van der Waals surface area contributed by atoms with Crippen molar-refractivity contribution in [2.75, 3.05) is 39.3 Å². The Kier molecular flexibility index (Phi) is 7.20. The molecular weight excluding hydrogens is 446 g/mol. The lowest BCUT2D eigenvalue weighted by atomic mass is 10.0. The number of benzene rings is 2. The van der Waals surface area contributed by atoms with Gasteiger partial charge in [-0.2, -0.15) is 4.31 Å². The van der Waals surface area contributed by atoms with E-state index < -0.39 is 10.0 Å². The quantitative estimate of drug-likeness (QED) is 0.661. The number of nitrogens with zero attached hydrogens (tertiary/aromatic N) is 3. The van der Waals surface area contributed by atoms with Crippen LogP contribution in [0.3, 0.4) is 0 Å². The number of halogens is 1. The van der Waals surface area contributed by atoms with Crippen molar-refractivity contribution in [3.05, 3.63) is 64.7 Å². The van der Waals surface area contributed by atoms with Gasteiger partial charge in [0.15, 0.2) is 0 Å². The van der Waals surface area contributed by atoms with Gasteiger partial charge in [0.2, 0.25) is 10.0 Å². The SMILES string of the molecule is CC1CCN(S(=O)(=O)c2ccc(Cl)c(C(=O)N3CCN(Cc4ccccc4)CC3)c2)CC1. The number of piperidine rings is 1. The lowest BCUT2D eigenvalue weighted by molar-refractivity contribution is 0.0628. The molecule has 1 amide bonds. The van der Waals surface area contributed by atoms with Gasteiger partial charge in [-0.1, -0.05) is 48.9 Å². The van der Waals surface area contributed by atoms with Gasteiger partial charge in [0.25, 0.3) is 5.91 Å². The van der Waals surface area contributed by atoms with Gasteiger partial charge in [-0.15, -0.1) is 0 Å². The van der Waals surface area contributed by atoms with Crippen LogP contribution in [0.1, 0.15) is 35.7 Å². The summed E-state index contributed by atoms with van der Waals surface area (Å²) in [6, 6.07) is 14.8. The van der Waals surface area contributed by atoms with Crippen LogP contribution in [-0.2, 0) is 16.6 Å². The highest BCUT2D eigenvalue weighted by Crippen LogP contribution is 2.27. The zero-order valence-corrected chi connectivity index (χ0v) is 20.0. The summed E-state index contributed by atoms with van der Waals surface area (Å²) in [5.74, 6) is 0.322. The number of hydrogen-bond acceptors (Lipinski definition) is 4. The molecule has 0 saturated carbocycles. The molecule has 2 aliphatic heterocycles. The molecular formula is C24H30ClN3O3S. The first kappa shape index (κ1) is 23.2. The predicted molar refractivity (Wildman–Crippen MR) is 126 cm³/mol. The largest absolute Gasteiger partial charge is 0.336 e. The molecule has 2 aromatic rings. The van der Waals surface area contributed by atoms with E-state index >= 15 is 0 Å². The first-order valence-electron chi connectivity index (χ1n) is 11.2. The molecule has 2 aromatic carbocycles. The Bertz CT molecular complexity index is 1050. The summed E-state index contributed by atoms with van der Waals surface area (Å²) in [4.78, 5) is 17.4. The topological polar surface area (TPSA) is 60.9 Å². The fraction of sp³-hybridized carbons (Fsp3) is 0.458. The second-order valence-corrected chi connectivity index (χ2v) is 11.1. The molecule has 0 aromatic heterocycles. The molecule has 0 N–H and O–H groups in total. The Morgan fingerprint density at radius 3 is 2.28 bits per heavy atom. The molecule has 0 atom stereocenters. The number of piperazine rings is 1. The molecule has 0 bridgehead atoms. The first-order valence-corrected chi connectivity index (χ1v) is 13.0. The maximum absolute atomic E-state index is 13.2. The van der Waals surface area contributed by atoms with Crippen LogP contribution in [0.25, 0.3) is 0 Å². The van der Waals surface area contributed by atoms with Gasteiger partial charge in [-0.05, 0) is 42.5 Å². The van der Waals surface area contributed by atoms with Crippen LogP contribution in [0, 0.1) is 5.92 Å². The third-order valence-corrected chi connectivity index (χ3v) is 8.68. The van der Waals surface area contributed by atoms with Crippen LogP contribution in [-0.4, -0.2) is 67.7 Å². The van der Waals surface area contributed by atoms with E-state index in [1.54, 1.807) is 4.90 Å². The van der Waals surface area contributed by atoms with Crippen LogP contribution < -0.4 is 0 Å². The lowest BCUT2D eigenvalue weighted by Gasteiger charge is -2.35. The summed E-state index contributed by atoms with van der Waals surface area (Å²) in [7, 11) is -3.64. The minimum atomic E-state index is -3.64. The number of hydrogen-bond donors (Lipinski definition) is 0. The van der Waals surface area contributed by atoms with Crippen molar-refractivity contribution in [2.24, 2.45) is 5.92 Å². The van der Waals surface area contributed by atoms with Crippen molar-refractivity contribution in [2.45, 2.75) is 31.2 Å². The molecule has 2 saturated heterocycles. The fourth-order valence-corrected chi connectivity index (χ4v) is 6.02.